The normalized spacial score (nSPS) is 13.6. The number of nitrogens with zero attached hydrogens (tertiary/aromatic N) is 2. The summed E-state index contributed by atoms with van der Waals surface area (Å²) in [6.45, 7) is 14.4. The van der Waals surface area contributed by atoms with E-state index in [2.05, 4.69) is 70.9 Å². The lowest BCUT2D eigenvalue weighted by molar-refractivity contribution is 0.499. The van der Waals surface area contributed by atoms with Crippen molar-refractivity contribution < 1.29 is 0 Å². The Morgan fingerprint density at radius 3 is 2.29 bits per heavy atom. The molecule has 0 aliphatic carbocycles. The van der Waals surface area contributed by atoms with Gasteiger partial charge in [-0.05, 0) is 44.0 Å². The molecule has 120 valence electrons. The molecule has 1 heterocycles. The fraction of sp³-hybridized carbons (Fsp3) is 0.722. The van der Waals surface area contributed by atoms with Crippen molar-refractivity contribution in [3.05, 3.63) is 23.4 Å². The summed E-state index contributed by atoms with van der Waals surface area (Å²) in [4.78, 5) is 7.23. The van der Waals surface area contributed by atoms with Crippen LogP contribution >= 0.6 is 0 Å². The first-order valence-electron chi connectivity index (χ1n) is 8.04. The Morgan fingerprint density at radius 1 is 1.19 bits per heavy atom. The van der Waals surface area contributed by atoms with Crippen LogP contribution in [0.5, 0.6) is 0 Å². The van der Waals surface area contributed by atoms with E-state index >= 15 is 0 Å². The van der Waals surface area contributed by atoms with E-state index in [1.165, 1.54) is 12.0 Å². The maximum absolute atomic E-state index is 4.91. The minimum absolute atomic E-state index is 0.0701. The Hall–Kier alpha value is -1.09. The van der Waals surface area contributed by atoms with Gasteiger partial charge >= 0.3 is 0 Å². The largest absolute Gasteiger partial charge is 0.357 e. The van der Waals surface area contributed by atoms with Crippen LogP contribution in [0, 0.1) is 5.92 Å². The summed E-state index contributed by atoms with van der Waals surface area (Å²) in [5, 5.41) is 3.24. The van der Waals surface area contributed by atoms with E-state index in [1.807, 2.05) is 7.05 Å². The number of aromatic nitrogens is 1. The summed E-state index contributed by atoms with van der Waals surface area (Å²) in [6.07, 6.45) is 1.18. The molecule has 0 amide bonds. The van der Waals surface area contributed by atoms with Gasteiger partial charge in [-0.1, -0.05) is 34.6 Å². The number of pyridine rings is 1. The second-order valence-corrected chi connectivity index (χ2v) is 7.59. The highest BCUT2D eigenvalue weighted by Gasteiger charge is 2.20. The molecule has 0 fully saturated rings. The van der Waals surface area contributed by atoms with Gasteiger partial charge in [-0.2, -0.15) is 0 Å². The van der Waals surface area contributed by atoms with E-state index in [0.717, 1.165) is 18.1 Å². The zero-order valence-corrected chi connectivity index (χ0v) is 15.1. The van der Waals surface area contributed by atoms with Gasteiger partial charge in [-0.15, -0.1) is 0 Å². The molecule has 21 heavy (non-hydrogen) atoms. The molecule has 0 saturated heterocycles. The minimum atomic E-state index is 0.0701. The molecule has 1 N–H and O–H groups in total. The molecule has 0 aliphatic heterocycles. The van der Waals surface area contributed by atoms with Crippen LogP contribution in [0.3, 0.4) is 0 Å². The van der Waals surface area contributed by atoms with Gasteiger partial charge in [0, 0.05) is 30.7 Å². The predicted molar refractivity (Wildman–Crippen MR) is 93.0 cm³/mol. The van der Waals surface area contributed by atoms with Crippen LogP contribution in [0.1, 0.15) is 59.2 Å². The number of hydrogen-bond donors (Lipinski definition) is 1. The molecule has 0 radical (unpaired) electrons. The Morgan fingerprint density at radius 2 is 1.81 bits per heavy atom. The summed E-state index contributed by atoms with van der Waals surface area (Å²) in [5.41, 5.74) is 2.53. The minimum Gasteiger partial charge on any atom is -0.357 e. The molecule has 1 aromatic heterocycles. The summed E-state index contributed by atoms with van der Waals surface area (Å²) >= 11 is 0. The Kier molecular flexibility index (Phi) is 6.21. The van der Waals surface area contributed by atoms with E-state index in [0.29, 0.717) is 12.0 Å². The third kappa shape index (κ3) is 5.31. The standard InChI is InChI=1S/C18H33N3/c1-13(2)9-14(3)21(8)17-11-15(12-19-7)10-16(20-17)18(4,5)6/h10-11,13-14,19H,9,12H2,1-8H3. The lowest BCUT2D eigenvalue weighted by atomic mass is 9.90. The first-order chi connectivity index (χ1) is 9.65. The van der Waals surface area contributed by atoms with Crippen LogP contribution in [0.15, 0.2) is 12.1 Å². The van der Waals surface area contributed by atoms with Gasteiger partial charge in [0.05, 0.1) is 0 Å². The number of nitrogens with one attached hydrogen (secondary N) is 1. The molecule has 3 heteroatoms. The highest BCUT2D eigenvalue weighted by atomic mass is 15.2. The van der Waals surface area contributed by atoms with Gasteiger partial charge in [0.25, 0.3) is 0 Å². The van der Waals surface area contributed by atoms with Crippen molar-refractivity contribution in [3.8, 4) is 0 Å². The molecule has 0 aliphatic rings. The van der Waals surface area contributed by atoms with Gasteiger partial charge < -0.3 is 10.2 Å². The van der Waals surface area contributed by atoms with E-state index in [4.69, 9.17) is 4.98 Å². The van der Waals surface area contributed by atoms with Gasteiger partial charge in [-0.3, -0.25) is 0 Å². The number of rotatable bonds is 6. The first kappa shape index (κ1) is 18.0. The van der Waals surface area contributed by atoms with Crippen molar-refractivity contribution in [3.63, 3.8) is 0 Å². The lowest BCUT2D eigenvalue weighted by Crippen LogP contribution is -2.31. The second kappa shape index (κ2) is 7.26. The average Bonchev–Trinajstić information content (AvgIpc) is 2.36. The van der Waals surface area contributed by atoms with Crippen molar-refractivity contribution >= 4 is 5.82 Å². The Bertz CT molecular complexity index is 446. The van der Waals surface area contributed by atoms with Crippen molar-refractivity contribution in [1.82, 2.24) is 10.3 Å². The maximum Gasteiger partial charge on any atom is 0.129 e. The summed E-state index contributed by atoms with van der Waals surface area (Å²) in [5.74, 6) is 1.78. The molecular formula is C18H33N3. The van der Waals surface area contributed by atoms with Crippen molar-refractivity contribution in [2.24, 2.45) is 5.92 Å². The molecule has 0 spiro atoms. The van der Waals surface area contributed by atoms with E-state index in [1.54, 1.807) is 0 Å². The topological polar surface area (TPSA) is 28.2 Å². The van der Waals surface area contributed by atoms with Gasteiger partial charge in [0.15, 0.2) is 0 Å². The van der Waals surface area contributed by atoms with Crippen LogP contribution in [-0.4, -0.2) is 25.1 Å². The van der Waals surface area contributed by atoms with Crippen molar-refractivity contribution in [2.75, 3.05) is 19.0 Å². The highest BCUT2D eigenvalue weighted by molar-refractivity contribution is 5.44. The molecule has 1 rings (SSSR count). The van der Waals surface area contributed by atoms with E-state index in [9.17, 15) is 0 Å². The summed E-state index contributed by atoms with van der Waals surface area (Å²) in [7, 11) is 4.15. The van der Waals surface area contributed by atoms with Crippen LogP contribution in [0.25, 0.3) is 0 Å². The van der Waals surface area contributed by atoms with E-state index < -0.39 is 0 Å². The molecule has 3 nitrogen and oxygen atoms in total. The molecule has 1 aromatic rings. The van der Waals surface area contributed by atoms with Gasteiger partial charge in [0.2, 0.25) is 0 Å². The third-order valence-corrected chi connectivity index (χ3v) is 3.86. The molecule has 0 saturated carbocycles. The number of anilines is 1. The van der Waals surface area contributed by atoms with Crippen LogP contribution in [0.4, 0.5) is 5.82 Å². The zero-order chi connectivity index (χ0) is 16.2. The highest BCUT2D eigenvalue weighted by Crippen LogP contribution is 2.26. The van der Waals surface area contributed by atoms with Crippen molar-refractivity contribution in [2.45, 2.75) is 66.0 Å². The molecule has 0 bridgehead atoms. The van der Waals surface area contributed by atoms with Gasteiger partial charge in [0.1, 0.15) is 5.82 Å². The predicted octanol–water partition coefficient (Wildman–Crippen LogP) is 3.97. The van der Waals surface area contributed by atoms with E-state index in [-0.39, 0.29) is 5.41 Å². The fourth-order valence-electron chi connectivity index (χ4n) is 2.51. The van der Waals surface area contributed by atoms with Crippen LogP contribution < -0.4 is 10.2 Å². The zero-order valence-electron chi connectivity index (χ0n) is 15.1. The SMILES string of the molecule is CNCc1cc(N(C)C(C)CC(C)C)nc(C(C)(C)C)c1. The van der Waals surface area contributed by atoms with Crippen LogP contribution in [-0.2, 0) is 12.0 Å². The van der Waals surface area contributed by atoms with Crippen molar-refractivity contribution in [1.29, 1.82) is 0 Å². The first-order valence-corrected chi connectivity index (χ1v) is 8.04. The summed E-state index contributed by atoms with van der Waals surface area (Å²) in [6, 6.07) is 4.93. The third-order valence-electron chi connectivity index (χ3n) is 3.86. The fourth-order valence-corrected chi connectivity index (χ4v) is 2.51. The monoisotopic (exact) mass is 291 g/mol. The molecule has 1 unspecified atom stereocenters. The quantitative estimate of drug-likeness (QED) is 0.859. The number of hydrogen-bond acceptors (Lipinski definition) is 3. The second-order valence-electron chi connectivity index (χ2n) is 7.59. The smallest absolute Gasteiger partial charge is 0.129 e. The Balaban J connectivity index is 3.12. The van der Waals surface area contributed by atoms with Gasteiger partial charge in [-0.25, -0.2) is 4.98 Å². The molecule has 0 aromatic carbocycles. The molecular weight excluding hydrogens is 258 g/mol. The lowest BCUT2D eigenvalue weighted by Gasteiger charge is -2.29. The average molecular weight is 291 g/mol. The maximum atomic E-state index is 4.91. The molecule has 1 atom stereocenters. The summed E-state index contributed by atoms with van der Waals surface area (Å²) < 4.78 is 0. The van der Waals surface area contributed by atoms with Crippen LogP contribution in [0.2, 0.25) is 0 Å². The Labute approximate surface area is 131 Å².